The van der Waals surface area contributed by atoms with E-state index in [1.54, 1.807) is 0 Å². The summed E-state index contributed by atoms with van der Waals surface area (Å²) in [4.78, 5) is 1.89. The number of alkyl halides is 2. The van der Waals surface area contributed by atoms with Crippen LogP contribution < -0.4 is 5.32 Å². The van der Waals surface area contributed by atoms with Crippen LogP contribution in [-0.2, 0) is 6.42 Å². The number of nitrogens with zero attached hydrogens (tertiary/aromatic N) is 1. The molecule has 1 aliphatic carbocycles. The number of aryl methyl sites for hydroxylation is 1. The van der Waals surface area contributed by atoms with Gasteiger partial charge in [0.2, 0.25) is 0 Å². The first-order chi connectivity index (χ1) is 11.0. The molecule has 1 fully saturated rings. The lowest BCUT2D eigenvalue weighted by Crippen LogP contribution is -2.48. The minimum absolute atomic E-state index is 0.0789. The molecule has 0 bridgehead atoms. The van der Waals surface area contributed by atoms with E-state index in [1.165, 1.54) is 17.5 Å². The summed E-state index contributed by atoms with van der Waals surface area (Å²) < 4.78 is 25.0. The molecule has 1 aliphatic heterocycles. The number of fused-ring (bicyclic) bond motifs is 1. The minimum Gasteiger partial charge on any atom is -0.307 e. The zero-order chi connectivity index (χ0) is 16.4. The summed E-state index contributed by atoms with van der Waals surface area (Å²) in [5.41, 5.74) is 3.12. The van der Waals surface area contributed by atoms with Gasteiger partial charge in [-0.15, -0.1) is 0 Å². The van der Waals surface area contributed by atoms with Gasteiger partial charge in [0.05, 0.1) is 6.54 Å². The summed E-state index contributed by atoms with van der Waals surface area (Å²) in [6.45, 7) is 6.15. The van der Waals surface area contributed by atoms with Gasteiger partial charge in [-0.2, -0.15) is 0 Å². The van der Waals surface area contributed by atoms with Crippen LogP contribution in [0.25, 0.3) is 0 Å². The Kier molecular flexibility index (Phi) is 5.02. The highest BCUT2D eigenvalue weighted by molar-refractivity contribution is 5.34. The van der Waals surface area contributed by atoms with E-state index in [9.17, 15) is 8.78 Å². The third kappa shape index (κ3) is 3.92. The maximum atomic E-state index is 12.5. The summed E-state index contributed by atoms with van der Waals surface area (Å²) >= 11 is 0. The van der Waals surface area contributed by atoms with Crippen LogP contribution in [0.4, 0.5) is 8.78 Å². The van der Waals surface area contributed by atoms with Gasteiger partial charge < -0.3 is 5.32 Å². The van der Waals surface area contributed by atoms with E-state index < -0.39 is 6.43 Å². The van der Waals surface area contributed by atoms with Gasteiger partial charge in [-0.05, 0) is 55.3 Å². The number of halogens is 2. The van der Waals surface area contributed by atoms with E-state index >= 15 is 0 Å². The highest BCUT2D eigenvalue weighted by Crippen LogP contribution is 2.43. The van der Waals surface area contributed by atoms with Crippen molar-refractivity contribution in [2.75, 3.05) is 19.6 Å². The standard InChI is InChI=1S/C19H28F2N2/c1-19(2)10-7-14-5-3-4-6-16(14)18(19)22-15-8-11-23(12-9-15)13-17(20)21/h3-6,15,17-18,22H,7-13H2,1-2H3/t18-/m0/s1. The molecule has 1 saturated heterocycles. The number of hydrogen-bond donors (Lipinski definition) is 1. The lowest BCUT2D eigenvalue weighted by Gasteiger charge is -2.44. The molecule has 1 N–H and O–H groups in total. The smallest absolute Gasteiger partial charge is 0.251 e. The minimum atomic E-state index is -2.22. The third-order valence-corrected chi connectivity index (χ3v) is 5.57. The van der Waals surface area contributed by atoms with Crippen LogP contribution in [0.2, 0.25) is 0 Å². The Morgan fingerprint density at radius 3 is 2.61 bits per heavy atom. The van der Waals surface area contributed by atoms with E-state index in [0.29, 0.717) is 12.1 Å². The Bertz CT molecular complexity index is 522. The number of rotatable bonds is 4. The molecular formula is C19H28F2N2. The van der Waals surface area contributed by atoms with Gasteiger partial charge >= 0.3 is 0 Å². The van der Waals surface area contributed by atoms with Crippen LogP contribution in [0.15, 0.2) is 24.3 Å². The fourth-order valence-corrected chi connectivity index (χ4v) is 4.09. The second-order valence-electron chi connectivity index (χ2n) is 7.75. The maximum absolute atomic E-state index is 12.5. The predicted octanol–water partition coefficient (Wildman–Crippen LogP) is 4.02. The van der Waals surface area contributed by atoms with Crippen molar-refractivity contribution >= 4 is 0 Å². The van der Waals surface area contributed by atoms with Crippen molar-refractivity contribution in [3.63, 3.8) is 0 Å². The monoisotopic (exact) mass is 322 g/mol. The molecular weight excluding hydrogens is 294 g/mol. The summed E-state index contributed by atoms with van der Waals surface area (Å²) in [6, 6.07) is 9.53. The van der Waals surface area contributed by atoms with Gasteiger partial charge in [0, 0.05) is 12.1 Å². The molecule has 0 spiro atoms. The highest BCUT2D eigenvalue weighted by atomic mass is 19.3. The average molecular weight is 322 g/mol. The first kappa shape index (κ1) is 16.8. The normalized spacial score (nSPS) is 25.5. The third-order valence-electron chi connectivity index (χ3n) is 5.57. The molecule has 1 heterocycles. The van der Waals surface area contributed by atoms with Gasteiger partial charge in [-0.3, -0.25) is 4.90 Å². The van der Waals surface area contributed by atoms with Crippen molar-refractivity contribution in [1.82, 2.24) is 10.2 Å². The number of hydrogen-bond acceptors (Lipinski definition) is 2. The lowest BCUT2D eigenvalue weighted by atomic mass is 9.70. The first-order valence-electron chi connectivity index (χ1n) is 8.80. The molecule has 0 radical (unpaired) electrons. The number of nitrogens with one attached hydrogen (secondary N) is 1. The summed E-state index contributed by atoms with van der Waals surface area (Å²) in [5.74, 6) is 0. The Morgan fingerprint density at radius 2 is 1.91 bits per heavy atom. The Hall–Kier alpha value is -1.00. The van der Waals surface area contributed by atoms with Crippen LogP contribution >= 0.6 is 0 Å². The summed E-state index contributed by atoms with van der Waals surface area (Å²) in [7, 11) is 0. The van der Waals surface area contributed by atoms with Crippen LogP contribution in [0.5, 0.6) is 0 Å². The van der Waals surface area contributed by atoms with E-state index in [2.05, 4.69) is 43.4 Å². The fourth-order valence-electron chi connectivity index (χ4n) is 4.09. The first-order valence-corrected chi connectivity index (χ1v) is 8.80. The van der Waals surface area contributed by atoms with Gasteiger partial charge in [-0.1, -0.05) is 38.1 Å². The molecule has 0 unspecified atom stereocenters. The SMILES string of the molecule is CC1(C)CCc2ccccc2[C@@H]1NC1CCN(CC(F)F)CC1. The van der Waals surface area contributed by atoms with E-state index in [1.807, 2.05) is 4.90 Å². The molecule has 2 nitrogen and oxygen atoms in total. The second-order valence-corrected chi connectivity index (χ2v) is 7.75. The topological polar surface area (TPSA) is 15.3 Å². The van der Waals surface area contributed by atoms with Crippen LogP contribution in [0.3, 0.4) is 0 Å². The molecule has 0 amide bonds. The number of benzene rings is 1. The van der Waals surface area contributed by atoms with Gasteiger partial charge in [0.15, 0.2) is 0 Å². The van der Waals surface area contributed by atoms with Gasteiger partial charge in [0.1, 0.15) is 0 Å². The van der Waals surface area contributed by atoms with Crippen LogP contribution in [0.1, 0.15) is 50.3 Å². The summed E-state index contributed by atoms with van der Waals surface area (Å²) in [5, 5.41) is 3.86. The van der Waals surface area contributed by atoms with Crippen molar-refractivity contribution < 1.29 is 8.78 Å². The Morgan fingerprint density at radius 1 is 1.22 bits per heavy atom. The van der Waals surface area contributed by atoms with Crippen molar-refractivity contribution in [3.8, 4) is 0 Å². The van der Waals surface area contributed by atoms with E-state index in [4.69, 9.17) is 0 Å². The lowest BCUT2D eigenvalue weighted by molar-refractivity contribution is 0.0685. The maximum Gasteiger partial charge on any atom is 0.251 e. The van der Waals surface area contributed by atoms with Crippen LogP contribution in [0, 0.1) is 5.41 Å². The summed E-state index contributed by atoms with van der Waals surface area (Å²) in [6.07, 6.45) is 2.03. The predicted molar refractivity (Wildman–Crippen MR) is 89.9 cm³/mol. The van der Waals surface area contributed by atoms with Crippen molar-refractivity contribution in [1.29, 1.82) is 0 Å². The van der Waals surface area contributed by atoms with Crippen LogP contribution in [-0.4, -0.2) is 37.0 Å². The zero-order valence-electron chi connectivity index (χ0n) is 14.2. The van der Waals surface area contributed by atoms with Gasteiger partial charge in [0.25, 0.3) is 6.43 Å². The quantitative estimate of drug-likeness (QED) is 0.901. The van der Waals surface area contributed by atoms with E-state index in [0.717, 1.165) is 32.4 Å². The van der Waals surface area contributed by atoms with Crippen molar-refractivity contribution in [3.05, 3.63) is 35.4 Å². The number of piperidine rings is 1. The largest absolute Gasteiger partial charge is 0.307 e. The Labute approximate surface area is 138 Å². The van der Waals surface area contributed by atoms with Crippen molar-refractivity contribution in [2.45, 2.75) is 58.0 Å². The molecule has 1 atom stereocenters. The molecule has 1 aromatic rings. The molecule has 0 aromatic heterocycles. The molecule has 2 aliphatic rings. The molecule has 23 heavy (non-hydrogen) atoms. The molecule has 128 valence electrons. The molecule has 4 heteroatoms. The highest BCUT2D eigenvalue weighted by Gasteiger charge is 2.37. The second kappa shape index (κ2) is 6.86. The average Bonchev–Trinajstić information content (AvgIpc) is 2.51. The fraction of sp³-hybridized carbons (Fsp3) is 0.684. The molecule has 3 rings (SSSR count). The van der Waals surface area contributed by atoms with Gasteiger partial charge in [-0.25, -0.2) is 8.78 Å². The molecule has 0 saturated carbocycles. The number of likely N-dealkylation sites (tertiary alicyclic amines) is 1. The molecule has 1 aromatic carbocycles. The van der Waals surface area contributed by atoms with E-state index in [-0.39, 0.29) is 12.0 Å². The Balaban J connectivity index is 1.65. The van der Waals surface area contributed by atoms with Crippen molar-refractivity contribution in [2.24, 2.45) is 5.41 Å². The zero-order valence-corrected chi connectivity index (χ0v) is 14.2.